The molecule has 0 saturated heterocycles. The van der Waals surface area contributed by atoms with E-state index in [-0.39, 0.29) is 6.01 Å². The van der Waals surface area contributed by atoms with Crippen molar-refractivity contribution in [3.8, 4) is 0 Å². The van der Waals surface area contributed by atoms with E-state index in [2.05, 4.69) is 32.2 Å². The van der Waals surface area contributed by atoms with Crippen LogP contribution in [0.2, 0.25) is 0 Å². The maximum absolute atomic E-state index is 5.33. The fourth-order valence-corrected chi connectivity index (χ4v) is 1.79. The standard InChI is InChI=1S/C10H10BrN3O/c11-8-4-2-1-3-7(8)5-6-9-13-14-10(12)15-9/h1-4H,5-6H2,(H2,12,14). The lowest BCUT2D eigenvalue weighted by atomic mass is 10.1. The Morgan fingerprint density at radius 3 is 2.67 bits per heavy atom. The van der Waals surface area contributed by atoms with E-state index >= 15 is 0 Å². The van der Waals surface area contributed by atoms with Gasteiger partial charge in [0.2, 0.25) is 5.89 Å². The van der Waals surface area contributed by atoms with Crippen molar-refractivity contribution in [2.45, 2.75) is 12.8 Å². The maximum Gasteiger partial charge on any atom is 0.312 e. The highest BCUT2D eigenvalue weighted by atomic mass is 79.9. The van der Waals surface area contributed by atoms with Crippen molar-refractivity contribution in [2.24, 2.45) is 0 Å². The van der Waals surface area contributed by atoms with Crippen LogP contribution in [0.25, 0.3) is 0 Å². The molecule has 0 amide bonds. The van der Waals surface area contributed by atoms with Crippen LogP contribution in [-0.2, 0) is 12.8 Å². The molecule has 1 aromatic carbocycles. The van der Waals surface area contributed by atoms with Crippen molar-refractivity contribution in [3.63, 3.8) is 0 Å². The second kappa shape index (κ2) is 4.44. The first-order chi connectivity index (χ1) is 7.25. The Kier molecular flexibility index (Phi) is 3.01. The molecule has 2 aromatic rings. The summed E-state index contributed by atoms with van der Waals surface area (Å²) in [4.78, 5) is 0. The van der Waals surface area contributed by atoms with Crippen LogP contribution in [0.4, 0.5) is 6.01 Å². The van der Waals surface area contributed by atoms with Crippen molar-refractivity contribution < 1.29 is 4.42 Å². The summed E-state index contributed by atoms with van der Waals surface area (Å²) in [5.74, 6) is 0.572. The molecular formula is C10H10BrN3O. The van der Waals surface area contributed by atoms with Crippen LogP contribution in [0.1, 0.15) is 11.5 Å². The third kappa shape index (κ3) is 2.56. The molecule has 0 spiro atoms. The first-order valence-corrected chi connectivity index (χ1v) is 5.36. The lowest BCUT2D eigenvalue weighted by Crippen LogP contribution is -1.92. The van der Waals surface area contributed by atoms with Gasteiger partial charge in [-0.25, -0.2) is 0 Å². The minimum Gasteiger partial charge on any atom is -0.408 e. The van der Waals surface area contributed by atoms with E-state index in [1.165, 1.54) is 5.56 Å². The molecule has 0 radical (unpaired) electrons. The van der Waals surface area contributed by atoms with Gasteiger partial charge in [0, 0.05) is 10.9 Å². The van der Waals surface area contributed by atoms with Crippen LogP contribution < -0.4 is 5.73 Å². The lowest BCUT2D eigenvalue weighted by Gasteiger charge is -2.00. The Balaban J connectivity index is 2.02. The van der Waals surface area contributed by atoms with Crippen molar-refractivity contribution in [1.82, 2.24) is 10.2 Å². The van der Waals surface area contributed by atoms with Gasteiger partial charge in [-0.15, -0.1) is 5.10 Å². The number of benzene rings is 1. The van der Waals surface area contributed by atoms with Gasteiger partial charge in [0.05, 0.1) is 0 Å². The van der Waals surface area contributed by atoms with Gasteiger partial charge in [-0.2, -0.15) is 0 Å². The predicted octanol–water partition coefficient (Wildman–Crippen LogP) is 2.20. The number of aromatic nitrogens is 2. The average molecular weight is 268 g/mol. The topological polar surface area (TPSA) is 64.9 Å². The van der Waals surface area contributed by atoms with Crippen LogP contribution >= 0.6 is 15.9 Å². The lowest BCUT2D eigenvalue weighted by molar-refractivity contribution is 0.508. The fraction of sp³-hybridized carbons (Fsp3) is 0.200. The highest BCUT2D eigenvalue weighted by Gasteiger charge is 2.04. The number of nitrogen functional groups attached to an aromatic ring is 1. The second-order valence-corrected chi connectivity index (χ2v) is 3.98. The largest absolute Gasteiger partial charge is 0.408 e. The fourth-order valence-electron chi connectivity index (χ4n) is 1.31. The molecule has 15 heavy (non-hydrogen) atoms. The number of anilines is 1. The molecule has 4 nitrogen and oxygen atoms in total. The van der Waals surface area contributed by atoms with Gasteiger partial charge in [0.1, 0.15) is 0 Å². The first kappa shape index (κ1) is 10.2. The Bertz CT molecular complexity index is 455. The van der Waals surface area contributed by atoms with E-state index in [1.807, 2.05) is 18.2 Å². The number of rotatable bonds is 3. The van der Waals surface area contributed by atoms with Gasteiger partial charge in [-0.1, -0.05) is 39.2 Å². The zero-order chi connectivity index (χ0) is 10.7. The van der Waals surface area contributed by atoms with Crippen molar-refractivity contribution in [2.75, 3.05) is 5.73 Å². The Labute approximate surface area is 95.6 Å². The zero-order valence-electron chi connectivity index (χ0n) is 7.98. The molecule has 0 aliphatic heterocycles. The molecule has 2 rings (SSSR count). The van der Waals surface area contributed by atoms with Gasteiger partial charge in [0.15, 0.2) is 0 Å². The number of aryl methyl sites for hydroxylation is 2. The van der Waals surface area contributed by atoms with Gasteiger partial charge in [0.25, 0.3) is 0 Å². The number of nitrogens with two attached hydrogens (primary N) is 1. The zero-order valence-corrected chi connectivity index (χ0v) is 9.57. The van der Waals surface area contributed by atoms with Crippen molar-refractivity contribution in [3.05, 3.63) is 40.2 Å². The van der Waals surface area contributed by atoms with Crippen molar-refractivity contribution >= 4 is 21.9 Å². The molecule has 2 N–H and O–H groups in total. The number of hydrogen-bond acceptors (Lipinski definition) is 4. The van der Waals surface area contributed by atoms with Gasteiger partial charge >= 0.3 is 6.01 Å². The third-order valence-corrected chi connectivity index (χ3v) is 2.82. The van der Waals surface area contributed by atoms with Crippen LogP contribution in [0.3, 0.4) is 0 Å². The second-order valence-electron chi connectivity index (χ2n) is 3.13. The minimum absolute atomic E-state index is 0.122. The minimum atomic E-state index is 0.122. The smallest absolute Gasteiger partial charge is 0.312 e. The first-order valence-electron chi connectivity index (χ1n) is 4.57. The van der Waals surface area contributed by atoms with Crippen LogP contribution in [0.15, 0.2) is 33.2 Å². The van der Waals surface area contributed by atoms with Crippen LogP contribution in [0.5, 0.6) is 0 Å². The summed E-state index contributed by atoms with van der Waals surface area (Å²) in [5.41, 5.74) is 6.54. The molecule has 0 fully saturated rings. The number of nitrogens with zero attached hydrogens (tertiary/aromatic N) is 2. The Morgan fingerprint density at radius 1 is 1.20 bits per heavy atom. The van der Waals surface area contributed by atoms with Crippen LogP contribution in [0, 0.1) is 0 Å². The molecule has 1 heterocycles. The van der Waals surface area contributed by atoms with E-state index in [0.717, 1.165) is 10.9 Å². The van der Waals surface area contributed by atoms with Crippen molar-refractivity contribution in [1.29, 1.82) is 0 Å². The molecule has 0 aliphatic carbocycles. The highest BCUT2D eigenvalue weighted by Crippen LogP contribution is 2.17. The summed E-state index contributed by atoms with van der Waals surface area (Å²) < 4.78 is 6.18. The van der Waals surface area contributed by atoms with E-state index < -0.39 is 0 Å². The Hall–Kier alpha value is -1.36. The summed E-state index contributed by atoms with van der Waals surface area (Å²) in [6.07, 6.45) is 1.55. The Morgan fingerprint density at radius 2 is 2.00 bits per heavy atom. The van der Waals surface area contributed by atoms with E-state index in [1.54, 1.807) is 0 Å². The molecule has 5 heteroatoms. The van der Waals surface area contributed by atoms with E-state index in [9.17, 15) is 0 Å². The number of halogens is 1. The van der Waals surface area contributed by atoms with Crippen LogP contribution in [-0.4, -0.2) is 10.2 Å². The quantitative estimate of drug-likeness (QED) is 0.926. The molecule has 0 unspecified atom stereocenters. The predicted molar refractivity (Wildman–Crippen MR) is 60.3 cm³/mol. The summed E-state index contributed by atoms with van der Waals surface area (Å²) in [7, 11) is 0. The SMILES string of the molecule is Nc1nnc(CCc2ccccc2Br)o1. The molecule has 0 bridgehead atoms. The maximum atomic E-state index is 5.33. The summed E-state index contributed by atoms with van der Waals surface area (Å²) >= 11 is 3.48. The van der Waals surface area contributed by atoms with Gasteiger partial charge in [-0.3, -0.25) is 0 Å². The summed E-state index contributed by atoms with van der Waals surface area (Å²) in [5, 5.41) is 7.40. The normalized spacial score (nSPS) is 10.5. The number of hydrogen-bond donors (Lipinski definition) is 1. The molecule has 1 aromatic heterocycles. The van der Waals surface area contributed by atoms with E-state index in [0.29, 0.717) is 12.3 Å². The molecule has 0 atom stereocenters. The molecule has 0 aliphatic rings. The van der Waals surface area contributed by atoms with E-state index in [4.69, 9.17) is 10.2 Å². The monoisotopic (exact) mass is 267 g/mol. The third-order valence-electron chi connectivity index (χ3n) is 2.05. The molecule has 78 valence electrons. The summed E-state index contributed by atoms with van der Waals surface area (Å²) in [6.45, 7) is 0. The average Bonchev–Trinajstić information content (AvgIpc) is 2.63. The highest BCUT2D eigenvalue weighted by molar-refractivity contribution is 9.10. The van der Waals surface area contributed by atoms with Gasteiger partial charge in [-0.05, 0) is 18.1 Å². The summed E-state index contributed by atoms with van der Waals surface area (Å²) in [6, 6.07) is 8.18. The van der Waals surface area contributed by atoms with Gasteiger partial charge < -0.3 is 10.2 Å². The molecule has 0 saturated carbocycles. The molecular weight excluding hydrogens is 258 g/mol.